The molecule has 17 heavy (non-hydrogen) atoms. The fourth-order valence-corrected chi connectivity index (χ4v) is 2.35. The van der Waals surface area contributed by atoms with E-state index in [0.717, 1.165) is 5.56 Å². The van der Waals surface area contributed by atoms with E-state index in [1.54, 1.807) is 19.3 Å². The predicted octanol–water partition coefficient (Wildman–Crippen LogP) is 1.58. The van der Waals surface area contributed by atoms with E-state index in [1.165, 1.54) is 0 Å². The maximum atomic E-state index is 10.4. The fourth-order valence-electron chi connectivity index (χ4n) is 2.35. The molecule has 0 bridgehead atoms. The zero-order chi connectivity index (χ0) is 14.5. The van der Waals surface area contributed by atoms with Crippen molar-refractivity contribution < 1.29 is 13.0 Å². The summed E-state index contributed by atoms with van der Waals surface area (Å²) in [6, 6.07) is 0. The third-order valence-corrected chi connectivity index (χ3v) is 3.39. The second-order valence-electron chi connectivity index (χ2n) is 5.55. The van der Waals surface area contributed by atoms with E-state index in [0.29, 0.717) is 11.7 Å². The highest BCUT2D eigenvalue weighted by molar-refractivity contribution is 5.17. The molecular formula is C13H20N2O2. The standard InChI is InChI=1S/C13H20N2O2/c1-9(2)10-4-14-11(15-5-10)13(17)6-12(3,7-13)8-16/h4-5,9,16-17H,6-8H2,1-3H3/i8D2. The summed E-state index contributed by atoms with van der Waals surface area (Å²) in [5.74, 6) is 0.626. The lowest BCUT2D eigenvalue weighted by Crippen LogP contribution is -2.50. The summed E-state index contributed by atoms with van der Waals surface area (Å²) in [7, 11) is 0. The van der Waals surface area contributed by atoms with Gasteiger partial charge < -0.3 is 10.2 Å². The van der Waals surface area contributed by atoms with Gasteiger partial charge in [-0.25, -0.2) is 9.97 Å². The van der Waals surface area contributed by atoms with Crippen molar-refractivity contribution in [3.63, 3.8) is 0 Å². The molecule has 0 unspecified atom stereocenters. The highest BCUT2D eigenvalue weighted by Gasteiger charge is 2.53. The van der Waals surface area contributed by atoms with Crippen molar-refractivity contribution in [1.29, 1.82) is 0 Å². The van der Waals surface area contributed by atoms with Crippen molar-refractivity contribution in [3.8, 4) is 0 Å². The third kappa shape index (κ3) is 2.19. The van der Waals surface area contributed by atoms with Crippen molar-refractivity contribution in [2.45, 2.75) is 45.1 Å². The van der Waals surface area contributed by atoms with E-state index in [-0.39, 0.29) is 12.8 Å². The van der Waals surface area contributed by atoms with Gasteiger partial charge in [-0.15, -0.1) is 0 Å². The summed E-state index contributed by atoms with van der Waals surface area (Å²) in [6.45, 7) is 3.38. The zero-order valence-electron chi connectivity index (χ0n) is 12.4. The minimum atomic E-state index is -2.31. The highest BCUT2D eigenvalue weighted by atomic mass is 16.3. The third-order valence-electron chi connectivity index (χ3n) is 3.39. The molecule has 0 radical (unpaired) electrons. The molecule has 0 amide bonds. The smallest absolute Gasteiger partial charge is 0.160 e. The van der Waals surface area contributed by atoms with Crippen LogP contribution in [0, 0.1) is 5.41 Å². The molecule has 1 saturated carbocycles. The van der Waals surface area contributed by atoms with Crippen molar-refractivity contribution in [2.24, 2.45) is 5.41 Å². The first-order chi connectivity index (χ1) is 8.57. The molecule has 1 aliphatic rings. The summed E-state index contributed by atoms with van der Waals surface area (Å²) in [6.07, 6.45) is 3.61. The zero-order valence-corrected chi connectivity index (χ0v) is 10.4. The maximum Gasteiger partial charge on any atom is 0.160 e. The van der Waals surface area contributed by atoms with Crippen molar-refractivity contribution in [3.05, 3.63) is 23.8 Å². The van der Waals surface area contributed by atoms with Crippen LogP contribution in [0.4, 0.5) is 0 Å². The SMILES string of the molecule is [2H]C([2H])(O)C1(C)CC(O)(c2ncc(C(C)C)cn2)C1. The Labute approximate surface area is 105 Å². The van der Waals surface area contributed by atoms with Crippen LogP contribution < -0.4 is 0 Å². The summed E-state index contributed by atoms with van der Waals surface area (Å²) in [5, 5.41) is 19.9. The van der Waals surface area contributed by atoms with Gasteiger partial charge in [0.25, 0.3) is 0 Å². The molecule has 2 N–H and O–H groups in total. The quantitative estimate of drug-likeness (QED) is 0.839. The summed E-state index contributed by atoms with van der Waals surface area (Å²) >= 11 is 0. The van der Waals surface area contributed by atoms with Gasteiger partial charge in [-0.3, -0.25) is 0 Å². The molecule has 1 fully saturated rings. The molecular weight excluding hydrogens is 216 g/mol. The van der Waals surface area contributed by atoms with Crippen LogP contribution in [0.1, 0.15) is 53.7 Å². The Hall–Kier alpha value is -1.00. The van der Waals surface area contributed by atoms with Crippen LogP contribution in [0.3, 0.4) is 0 Å². The number of aliphatic hydroxyl groups is 2. The minimum Gasteiger partial charge on any atom is -0.396 e. The van der Waals surface area contributed by atoms with Gasteiger partial charge in [-0.2, -0.15) is 0 Å². The van der Waals surface area contributed by atoms with Gasteiger partial charge in [-0.05, 0) is 29.7 Å². The van der Waals surface area contributed by atoms with Crippen LogP contribution in [0.2, 0.25) is 0 Å². The van der Waals surface area contributed by atoms with E-state index >= 15 is 0 Å². The van der Waals surface area contributed by atoms with Crippen LogP contribution in [0.15, 0.2) is 12.4 Å². The second-order valence-corrected chi connectivity index (χ2v) is 5.55. The molecule has 2 rings (SSSR count). The van der Waals surface area contributed by atoms with E-state index in [2.05, 4.69) is 9.97 Å². The minimum absolute atomic E-state index is 0.116. The van der Waals surface area contributed by atoms with E-state index in [4.69, 9.17) is 2.74 Å². The Morgan fingerprint density at radius 3 is 2.35 bits per heavy atom. The van der Waals surface area contributed by atoms with Gasteiger partial charge in [0, 0.05) is 19.0 Å². The van der Waals surface area contributed by atoms with Gasteiger partial charge in [-0.1, -0.05) is 20.8 Å². The van der Waals surface area contributed by atoms with Crippen LogP contribution in [0.25, 0.3) is 0 Å². The molecule has 0 aliphatic heterocycles. The Bertz CT molecular complexity index is 463. The lowest BCUT2D eigenvalue weighted by Gasteiger charge is -2.49. The van der Waals surface area contributed by atoms with Crippen LogP contribution in [-0.2, 0) is 5.60 Å². The van der Waals surface area contributed by atoms with Crippen molar-refractivity contribution in [1.82, 2.24) is 9.97 Å². The molecule has 1 aliphatic carbocycles. The first kappa shape index (κ1) is 9.97. The summed E-state index contributed by atoms with van der Waals surface area (Å²) in [4.78, 5) is 8.35. The largest absolute Gasteiger partial charge is 0.396 e. The lowest BCUT2D eigenvalue weighted by molar-refractivity contribution is -0.149. The molecule has 0 aromatic carbocycles. The molecule has 4 nitrogen and oxygen atoms in total. The van der Waals surface area contributed by atoms with Crippen LogP contribution in [-0.4, -0.2) is 26.7 Å². The number of rotatable bonds is 3. The fraction of sp³-hybridized carbons (Fsp3) is 0.692. The molecule has 1 heterocycles. The van der Waals surface area contributed by atoms with Crippen molar-refractivity contribution >= 4 is 0 Å². The number of hydrogen-bond donors (Lipinski definition) is 2. The van der Waals surface area contributed by atoms with Gasteiger partial charge in [0.1, 0.15) is 5.60 Å². The number of hydrogen-bond acceptors (Lipinski definition) is 4. The Morgan fingerprint density at radius 1 is 1.41 bits per heavy atom. The molecule has 1 aromatic heterocycles. The molecule has 94 valence electrons. The van der Waals surface area contributed by atoms with Crippen LogP contribution in [0.5, 0.6) is 0 Å². The lowest BCUT2D eigenvalue weighted by atomic mass is 9.60. The number of nitrogens with zero attached hydrogens (tertiary/aromatic N) is 2. The monoisotopic (exact) mass is 238 g/mol. The van der Waals surface area contributed by atoms with Gasteiger partial charge >= 0.3 is 0 Å². The van der Waals surface area contributed by atoms with Gasteiger partial charge in [0.2, 0.25) is 0 Å². The molecule has 4 heteroatoms. The van der Waals surface area contributed by atoms with E-state index < -0.39 is 17.6 Å². The summed E-state index contributed by atoms with van der Waals surface area (Å²) in [5.41, 5.74) is -1.20. The second kappa shape index (κ2) is 4.03. The van der Waals surface area contributed by atoms with Gasteiger partial charge in [0.15, 0.2) is 5.82 Å². The summed E-state index contributed by atoms with van der Waals surface area (Å²) < 4.78 is 14.8. The topological polar surface area (TPSA) is 66.2 Å². The van der Waals surface area contributed by atoms with E-state index in [1.807, 2.05) is 13.8 Å². The number of aromatic nitrogens is 2. The Kier molecular flexibility index (Phi) is 2.37. The first-order valence-corrected chi connectivity index (χ1v) is 5.85. The predicted molar refractivity (Wildman–Crippen MR) is 64.4 cm³/mol. The Morgan fingerprint density at radius 2 is 1.94 bits per heavy atom. The molecule has 1 aromatic rings. The maximum absolute atomic E-state index is 10.4. The average molecular weight is 238 g/mol. The highest BCUT2D eigenvalue weighted by Crippen LogP contribution is 2.52. The molecule has 0 spiro atoms. The van der Waals surface area contributed by atoms with Gasteiger partial charge in [0.05, 0.1) is 2.74 Å². The molecule has 0 atom stereocenters. The molecule has 0 saturated heterocycles. The average Bonchev–Trinajstić information content (AvgIpc) is 2.25. The normalized spacial score (nSPS) is 35.2. The Balaban J connectivity index is 2.16. The van der Waals surface area contributed by atoms with Crippen LogP contribution >= 0.6 is 0 Å². The first-order valence-electron chi connectivity index (χ1n) is 6.85. The van der Waals surface area contributed by atoms with E-state index in [9.17, 15) is 10.2 Å². The van der Waals surface area contributed by atoms with Crippen molar-refractivity contribution in [2.75, 3.05) is 6.56 Å².